The molecule has 0 amide bonds. The minimum atomic E-state index is -3.18. The maximum atomic E-state index is 12.6. The number of hydrogen-bond donors (Lipinski definition) is 0. The molecule has 2 rings (SSSR count). The van der Waals surface area contributed by atoms with Crippen molar-refractivity contribution in [1.82, 2.24) is 19.1 Å². The molecule has 22 heavy (non-hydrogen) atoms. The second-order valence-corrected chi connectivity index (χ2v) is 8.69. The molecular weight excluding hydrogens is 300 g/mol. The Hall–Kier alpha value is -0.950. The van der Waals surface area contributed by atoms with E-state index < -0.39 is 10.0 Å². The van der Waals surface area contributed by atoms with Crippen LogP contribution in [-0.4, -0.2) is 46.3 Å². The third-order valence-corrected chi connectivity index (χ3v) is 6.60. The lowest BCUT2D eigenvalue weighted by Crippen LogP contribution is -2.41. The first-order chi connectivity index (χ1) is 10.3. The van der Waals surface area contributed by atoms with Gasteiger partial charge in [0.1, 0.15) is 12.2 Å². The average molecular weight is 328 g/mol. The summed E-state index contributed by atoms with van der Waals surface area (Å²) in [6, 6.07) is 0.289. The first-order valence-electron chi connectivity index (χ1n) is 8.22. The van der Waals surface area contributed by atoms with Gasteiger partial charge in [-0.2, -0.15) is 0 Å². The SMILES string of the molecule is CC[C@@H](C)CS(=O)(=O)N1CCC[C@H](c2nncn2C(C)C)C1. The molecule has 0 N–H and O–H groups in total. The highest BCUT2D eigenvalue weighted by molar-refractivity contribution is 7.89. The fourth-order valence-electron chi connectivity index (χ4n) is 2.93. The van der Waals surface area contributed by atoms with E-state index >= 15 is 0 Å². The Kier molecular flexibility index (Phi) is 5.60. The molecule has 1 aliphatic heterocycles. The molecule has 0 aliphatic carbocycles. The van der Waals surface area contributed by atoms with E-state index in [0.29, 0.717) is 13.1 Å². The Balaban J connectivity index is 2.13. The van der Waals surface area contributed by atoms with Crippen molar-refractivity contribution in [1.29, 1.82) is 0 Å². The molecule has 1 saturated heterocycles. The van der Waals surface area contributed by atoms with Gasteiger partial charge in [0.05, 0.1) is 5.75 Å². The highest BCUT2D eigenvalue weighted by atomic mass is 32.2. The van der Waals surface area contributed by atoms with Crippen molar-refractivity contribution < 1.29 is 8.42 Å². The highest BCUT2D eigenvalue weighted by Gasteiger charge is 2.32. The molecule has 6 nitrogen and oxygen atoms in total. The van der Waals surface area contributed by atoms with Crippen molar-refractivity contribution in [3.8, 4) is 0 Å². The van der Waals surface area contributed by atoms with E-state index in [1.54, 1.807) is 10.6 Å². The summed E-state index contributed by atoms with van der Waals surface area (Å²) in [7, 11) is -3.18. The molecule has 0 spiro atoms. The predicted molar refractivity (Wildman–Crippen MR) is 87.2 cm³/mol. The standard InChI is InChI=1S/C15H28N4O2S/c1-5-13(4)10-22(20,21)18-8-6-7-14(9-18)15-17-16-11-19(15)12(2)3/h11-14H,5-10H2,1-4H3/t13-,14+/m1/s1. The van der Waals surface area contributed by atoms with Crippen molar-refractivity contribution in [2.45, 2.75) is 58.9 Å². The Bertz CT molecular complexity index is 582. The molecule has 0 bridgehead atoms. The number of aromatic nitrogens is 3. The van der Waals surface area contributed by atoms with E-state index in [1.807, 2.05) is 13.8 Å². The quantitative estimate of drug-likeness (QED) is 0.804. The monoisotopic (exact) mass is 328 g/mol. The molecule has 2 heterocycles. The van der Waals surface area contributed by atoms with Crippen LogP contribution in [0.2, 0.25) is 0 Å². The van der Waals surface area contributed by atoms with E-state index in [4.69, 9.17) is 0 Å². The van der Waals surface area contributed by atoms with Crippen LogP contribution >= 0.6 is 0 Å². The summed E-state index contributed by atoms with van der Waals surface area (Å²) in [6.45, 7) is 9.37. The second kappa shape index (κ2) is 7.08. The topological polar surface area (TPSA) is 68.1 Å². The van der Waals surface area contributed by atoms with E-state index in [2.05, 4.69) is 28.6 Å². The lowest BCUT2D eigenvalue weighted by Gasteiger charge is -2.32. The molecule has 0 aromatic carbocycles. The van der Waals surface area contributed by atoms with E-state index in [1.165, 1.54) is 0 Å². The van der Waals surface area contributed by atoms with Crippen molar-refractivity contribution in [2.75, 3.05) is 18.8 Å². The predicted octanol–water partition coefficient (Wildman–Crippen LogP) is 2.41. The Morgan fingerprint density at radius 3 is 2.73 bits per heavy atom. The summed E-state index contributed by atoms with van der Waals surface area (Å²) in [4.78, 5) is 0. The van der Waals surface area contributed by atoms with Gasteiger partial charge in [0.25, 0.3) is 0 Å². The van der Waals surface area contributed by atoms with Gasteiger partial charge in [-0.15, -0.1) is 10.2 Å². The van der Waals surface area contributed by atoms with Gasteiger partial charge in [0.2, 0.25) is 10.0 Å². The van der Waals surface area contributed by atoms with Gasteiger partial charge in [-0.3, -0.25) is 0 Å². The van der Waals surface area contributed by atoms with Gasteiger partial charge in [-0.25, -0.2) is 12.7 Å². The Labute approximate surface area is 134 Å². The third-order valence-electron chi connectivity index (χ3n) is 4.49. The fourth-order valence-corrected chi connectivity index (χ4v) is 4.91. The zero-order valence-electron chi connectivity index (χ0n) is 14.1. The van der Waals surface area contributed by atoms with E-state index in [0.717, 1.165) is 25.1 Å². The van der Waals surface area contributed by atoms with Gasteiger partial charge in [0, 0.05) is 25.0 Å². The summed E-state index contributed by atoms with van der Waals surface area (Å²) in [5.74, 6) is 1.50. The normalized spacial score (nSPS) is 22.1. The Morgan fingerprint density at radius 2 is 2.09 bits per heavy atom. The smallest absolute Gasteiger partial charge is 0.214 e. The summed E-state index contributed by atoms with van der Waals surface area (Å²) >= 11 is 0. The molecule has 1 aromatic heterocycles. The van der Waals surface area contributed by atoms with Gasteiger partial charge in [-0.1, -0.05) is 20.3 Å². The summed E-state index contributed by atoms with van der Waals surface area (Å²) < 4.78 is 28.9. The summed E-state index contributed by atoms with van der Waals surface area (Å²) in [5.41, 5.74) is 0. The van der Waals surface area contributed by atoms with Crippen molar-refractivity contribution in [3.05, 3.63) is 12.2 Å². The molecule has 0 saturated carbocycles. The highest BCUT2D eigenvalue weighted by Crippen LogP contribution is 2.29. The Morgan fingerprint density at radius 1 is 1.36 bits per heavy atom. The molecule has 0 unspecified atom stereocenters. The first kappa shape index (κ1) is 17.4. The van der Waals surface area contributed by atoms with Crippen LogP contribution in [0.5, 0.6) is 0 Å². The van der Waals surface area contributed by atoms with Gasteiger partial charge >= 0.3 is 0 Å². The van der Waals surface area contributed by atoms with Crippen LogP contribution in [0, 0.1) is 5.92 Å². The molecule has 2 atom stereocenters. The molecule has 0 radical (unpaired) electrons. The fraction of sp³-hybridized carbons (Fsp3) is 0.867. The van der Waals surface area contributed by atoms with Crippen LogP contribution in [-0.2, 0) is 10.0 Å². The first-order valence-corrected chi connectivity index (χ1v) is 9.83. The number of nitrogens with zero attached hydrogens (tertiary/aromatic N) is 4. The minimum absolute atomic E-state index is 0.144. The average Bonchev–Trinajstić information content (AvgIpc) is 2.96. The molecule has 1 aromatic rings. The second-order valence-electron chi connectivity index (χ2n) is 6.68. The number of hydrogen-bond acceptors (Lipinski definition) is 4. The molecule has 126 valence electrons. The number of piperidine rings is 1. The van der Waals surface area contributed by atoms with Crippen LogP contribution in [0.15, 0.2) is 6.33 Å². The van der Waals surface area contributed by atoms with Gasteiger partial charge < -0.3 is 4.57 Å². The zero-order valence-corrected chi connectivity index (χ0v) is 14.9. The number of sulfonamides is 1. The lowest BCUT2D eigenvalue weighted by molar-refractivity contribution is 0.300. The molecule has 7 heteroatoms. The molecular formula is C15H28N4O2S. The van der Waals surface area contributed by atoms with Crippen LogP contribution < -0.4 is 0 Å². The van der Waals surface area contributed by atoms with Crippen molar-refractivity contribution >= 4 is 10.0 Å². The van der Waals surface area contributed by atoms with Crippen molar-refractivity contribution in [2.24, 2.45) is 5.92 Å². The van der Waals surface area contributed by atoms with Crippen LogP contribution in [0.1, 0.15) is 64.7 Å². The van der Waals surface area contributed by atoms with Crippen molar-refractivity contribution in [3.63, 3.8) is 0 Å². The molecule has 1 fully saturated rings. The molecule has 1 aliphatic rings. The largest absolute Gasteiger partial charge is 0.315 e. The number of rotatable bonds is 6. The minimum Gasteiger partial charge on any atom is -0.315 e. The maximum Gasteiger partial charge on any atom is 0.214 e. The van der Waals surface area contributed by atoms with Crippen LogP contribution in [0.3, 0.4) is 0 Å². The van der Waals surface area contributed by atoms with Gasteiger partial charge in [0.15, 0.2) is 0 Å². The summed E-state index contributed by atoms with van der Waals surface area (Å²) in [5, 5.41) is 8.26. The lowest BCUT2D eigenvalue weighted by atomic mass is 9.98. The van der Waals surface area contributed by atoms with Crippen LogP contribution in [0.25, 0.3) is 0 Å². The van der Waals surface area contributed by atoms with E-state index in [-0.39, 0.29) is 23.6 Å². The van der Waals surface area contributed by atoms with E-state index in [9.17, 15) is 8.42 Å². The summed E-state index contributed by atoms with van der Waals surface area (Å²) in [6.07, 6.45) is 4.49. The van der Waals surface area contributed by atoms with Crippen LogP contribution in [0.4, 0.5) is 0 Å². The zero-order chi connectivity index (χ0) is 16.3. The van der Waals surface area contributed by atoms with Gasteiger partial charge in [-0.05, 0) is 32.6 Å². The maximum absolute atomic E-state index is 12.6. The third kappa shape index (κ3) is 3.87.